The van der Waals surface area contributed by atoms with E-state index >= 15 is 0 Å². The number of benzene rings is 1. The Bertz CT molecular complexity index is 609. The number of aliphatic imine (C=N–C) groups is 1. The molecule has 7 nitrogen and oxygen atoms in total. The van der Waals surface area contributed by atoms with Crippen molar-refractivity contribution in [2.24, 2.45) is 4.99 Å². The number of carbonyl (C=O) groups is 1. The molecule has 150 valence electrons. The van der Waals surface area contributed by atoms with Crippen LogP contribution in [0.2, 0.25) is 0 Å². The zero-order valence-electron chi connectivity index (χ0n) is 17.0. The minimum Gasteiger partial charge on any atom is -0.497 e. The van der Waals surface area contributed by atoms with E-state index < -0.39 is 0 Å². The molecule has 0 spiro atoms. The Balaban J connectivity index is 1.97. The van der Waals surface area contributed by atoms with E-state index in [9.17, 15) is 4.79 Å². The summed E-state index contributed by atoms with van der Waals surface area (Å²) in [6.45, 7) is 5.36. The van der Waals surface area contributed by atoms with E-state index in [1.165, 1.54) is 5.56 Å². The summed E-state index contributed by atoms with van der Waals surface area (Å²) in [5.74, 6) is 1.62. The fourth-order valence-electron chi connectivity index (χ4n) is 3.17. The number of hydrogen-bond acceptors (Lipinski definition) is 4. The van der Waals surface area contributed by atoms with Gasteiger partial charge < -0.3 is 25.2 Å². The molecule has 7 heteroatoms. The summed E-state index contributed by atoms with van der Waals surface area (Å²) in [5, 5.41) is 6.59. The van der Waals surface area contributed by atoms with Gasteiger partial charge in [-0.3, -0.25) is 4.79 Å². The lowest BCUT2D eigenvalue weighted by Crippen LogP contribution is -2.42. The number of carbonyl (C=O) groups excluding carboxylic acids is 1. The first-order chi connectivity index (χ1) is 13.0. The van der Waals surface area contributed by atoms with Crippen LogP contribution in [0, 0.1) is 0 Å². The van der Waals surface area contributed by atoms with E-state index in [0.29, 0.717) is 12.5 Å². The highest BCUT2D eigenvalue weighted by Gasteiger charge is 2.18. The van der Waals surface area contributed by atoms with Crippen LogP contribution in [0.25, 0.3) is 0 Å². The Labute approximate surface area is 162 Å². The van der Waals surface area contributed by atoms with E-state index in [1.54, 1.807) is 7.11 Å². The number of ether oxygens (including phenoxy) is 1. The fourth-order valence-corrected chi connectivity index (χ4v) is 3.17. The lowest BCUT2D eigenvalue weighted by molar-refractivity contribution is -0.128. The number of likely N-dealkylation sites (tertiary alicyclic amines) is 1. The van der Waals surface area contributed by atoms with Crippen molar-refractivity contribution in [3.8, 4) is 5.75 Å². The molecule has 0 radical (unpaired) electrons. The minimum atomic E-state index is 0.101. The van der Waals surface area contributed by atoms with Gasteiger partial charge in [0.05, 0.1) is 13.2 Å². The fraction of sp³-hybridized carbons (Fsp3) is 0.600. The quantitative estimate of drug-likeness (QED) is 0.532. The number of hydrogen-bond donors (Lipinski definition) is 2. The molecule has 1 aromatic rings. The molecule has 1 aromatic carbocycles. The first-order valence-electron chi connectivity index (χ1n) is 9.65. The third-order valence-corrected chi connectivity index (χ3v) is 4.76. The van der Waals surface area contributed by atoms with Crippen molar-refractivity contribution in [2.75, 3.05) is 53.9 Å². The largest absolute Gasteiger partial charge is 0.497 e. The van der Waals surface area contributed by atoms with Gasteiger partial charge in [0.1, 0.15) is 12.3 Å². The molecule has 1 unspecified atom stereocenters. The zero-order chi connectivity index (χ0) is 19.6. The molecule has 1 heterocycles. The standard InChI is InChI=1S/C20H33N5O2/c1-5-21-20(23-15-19(26)25-12-6-7-13-25)22-14-18(24(2)3)16-8-10-17(27-4)11-9-16/h8-11,18H,5-7,12-15H2,1-4H3,(H2,21,22,23). The Morgan fingerprint density at radius 1 is 1.22 bits per heavy atom. The zero-order valence-corrected chi connectivity index (χ0v) is 17.0. The van der Waals surface area contributed by atoms with Gasteiger partial charge in [-0.25, -0.2) is 4.99 Å². The molecular formula is C20H33N5O2. The van der Waals surface area contributed by atoms with Gasteiger partial charge in [0, 0.05) is 26.2 Å². The molecule has 0 bridgehead atoms. The van der Waals surface area contributed by atoms with Crippen LogP contribution in [0.5, 0.6) is 5.75 Å². The second kappa shape index (κ2) is 10.8. The Morgan fingerprint density at radius 3 is 2.44 bits per heavy atom. The van der Waals surface area contributed by atoms with Crippen LogP contribution in [0.1, 0.15) is 31.4 Å². The monoisotopic (exact) mass is 375 g/mol. The van der Waals surface area contributed by atoms with Crippen LogP contribution < -0.4 is 15.4 Å². The van der Waals surface area contributed by atoms with Gasteiger partial charge in [-0.1, -0.05) is 12.1 Å². The molecule has 1 fully saturated rings. The number of likely N-dealkylation sites (N-methyl/N-ethyl adjacent to an activating group) is 1. The van der Waals surface area contributed by atoms with Crippen molar-refractivity contribution in [1.82, 2.24) is 20.4 Å². The molecule has 1 aliphatic heterocycles. The highest BCUT2D eigenvalue weighted by atomic mass is 16.5. The second-order valence-electron chi connectivity index (χ2n) is 6.92. The highest BCUT2D eigenvalue weighted by molar-refractivity contribution is 5.85. The van der Waals surface area contributed by atoms with Crippen molar-refractivity contribution < 1.29 is 9.53 Å². The lowest BCUT2D eigenvalue weighted by Gasteiger charge is -2.26. The summed E-state index contributed by atoms with van der Waals surface area (Å²) < 4.78 is 5.24. The summed E-state index contributed by atoms with van der Waals surface area (Å²) in [6.07, 6.45) is 2.19. The number of nitrogens with zero attached hydrogens (tertiary/aromatic N) is 3. The molecule has 0 aliphatic carbocycles. The molecular weight excluding hydrogens is 342 g/mol. The third-order valence-electron chi connectivity index (χ3n) is 4.76. The number of nitrogens with one attached hydrogen (secondary N) is 2. The van der Waals surface area contributed by atoms with Crippen LogP contribution in [0.4, 0.5) is 0 Å². The van der Waals surface area contributed by atoms with Crippen molar-refractivity contribution in [1.29, 1.82) is 0 Å². The smallest absolute Gasteiger partial charge is 0.244 e. The Hall–Kier alpha value is -2.28. The summed E-state index contributed by atoms with van der Waals surface area (Å²) in [5.41, 5.74) is 1.19. The summed E-state index contributed by atoms with van der Waals surface area (Å²) in [7, 11) is 5.78. The van der Waals surface area contributed by atoms with Crippen LogP contribution >= 0.6 is 0 Å². The molecule has 1 saturated heterocycles. The average Bonchev–Trinajstić information content (AvgIpc) is 3.21. The van der Waals surface area contributed by atoms with Crippen LogP contribution in [-0.4, -0.2) is 75.6 Å². The van der Waals surface area contributed by atoms with Gasteiger partial charge >= 0.3 is 0 Å². The molecule has 2 N–H and O–H groups in total. The molecule has 2 rings (SSSR count). The van der Waals surface area contributed by atoms with Crippen LogP contribution in [0.15, 0.2) is 29.3 Å². The van der Waals surface area contributed by atoms with Gasteiger partial charge in [0.25, 0.3) is 0 Å². The highest BCUT2D eigenvalue weighted by Crippen LogP contribution is 2.20. The molecule has 27 heavy (non-hydrogen) atoms. The van der Waals surface area contributed by atoms with E-state index in [-0.39, 0.29) is 18.5 Å². The van der Waals surface area contributed by atoms with E-state index in [1.807, 2.05) is 24.0 Å². The normalized spacial score (nSPS) is 15.7. The number of guanidine groups is 1. The Morgan fingerprint density at radius 2 is 1.89 bits per heavy atom. The SMILES string of the molecule is CCNC(=NCC(=O)N1CCCC1)NCC(c1ccc(OC)cc1)N(C)C. The summed E-state index contributed by atoms with van der Waals surface area (Å²) >= 11 is 0. The van der Waals surface area contributed by atoms with Crippen molar-refractivity contribution in [3.05, 3.63) is 29.8 Å². The van der Waals surface area contributed by atoms with E-state index in [2.05, 4.69) is 46.8 Å². The maximum absolute atomic E-state index is 12.2. The predicted octanol–water partition coefficient (Wildman–Crippen LogP) is 1.48. The van der Waals surface area contributed by atoms with Gasteiger partial charge in [-0.2, -0.15) is 0 Å². The number of rotatable bonds is 8. The van der Waals surface area contributed by atoms with Crippen molar-refractivity contribution >= 4 is 11.9 Å². The van der Waals surface area contributed by atoms with Gasteiger partial charge in [0.15, 0.2) is 5.96 Å². The van der Waals surface area contributed by atoms with Crippen molar-refractivity contribution in [2.45, 2.75) is 25.8 Å². The topological polar surface area (TPSA) is 69.2 Å². The van der Waals surface area contributed by atoms with Crippen LogP contribution in [0.3, 0.4) is 0 Å². The van der Waals surface area contributed by atoms with Crippen LogP contribution in [-0.2, 0) is 4.79 Å². The number of amides is 1. The van der Waals surface area contributed by atoms with Gasteiger partial charge in [-0.15, -0.1) is 0 Å². The molecule has 0 aromatic heterocycles. The first-order valence-corrected chi connectivity index (χ1v) is 9.65. The molecule has 1 aliphatic rings. The minimum absolute atomic E-state index is 0.101. The maximum Gasteiger partial charge on any atom is 0.244 e. The maximum atomic E-state index is 12.2. The molecule has 1 atom stereocenters. The number of methoxy groups -OCH3 is 1. The van der Waals surface area contributed by atoms with Crippen molar-refractivity contribution in [3.63, 3.8) is 0 Å². The molecule has 1 amide bonds. The van der Waals surface area contributed by atoms with Gasteiger partial charge in [0.2, 0.25) is 5.91 Å². The summed E-state index contributed by atoms with van der Waals surface area (Å²) in [6, 6.07) is 8.27. The van der Waals surface area contributed by atoms with Gasteiger partial charge in [-0.05, 0) is 51.6 Å². The second-order valence-corrected chi connectivity index (χ2v) is 6.92. The summed E-state index contributed by atoms with van der Waals surface area (Å²) in [4.78, 5) is 20.8. The first kappa shape index (κ1) is 21.0. The predicted molar refractivity (Wildman–Crippen MR) is 109 cm³/mol. The van der Waals surface area contributed by atoms with E-state index in [4.69, 9.17) is 4.74 Å². The van der Waals surface area contributed by atoms with E-state index in [0.717, 1.165) is 38.2 Å². The molecule has 0 saturated carbocycles. The average molecular weight is 376 g/mol. The Kier molecular flexibility index (Phi) is 8.39. The third kappa shape index (κ3) is 6.43. The lowest BCUT2D eigenvalue weighted by atomic mass is 10.1.